The first-order valence-corrected chi connectivity index (χ1v) is 4.75. The number of benzene rings is 1. The minimum atomic E-state index is -0.925. The van der Waals surface area contributed by atoms with Crippen molar-refractivity contribution in [1.82, 2.24) is 4.90 Å². The Morgan fingerprint density at radius 2 is 2.00 bits per heavy atom. The highest BCUT2D eigenvalue weighted by atomic mass is 16.4. The van der Waals surface area contributed by atoms with Crippen molar-refractivity contribution in [3.63, 3.8) is 0 Å². The third-order valence-corrected chi connectivity index (χ3v) is 2.02. The van der Waals surface area contributed by atoms with E-state index in [1.165, 1.54) is 5.56 Å². The molecule has 0 radical (unpaired) electrons. The molecule has 1 aromatic rings. The molecule has 0 unspecified atom stereocenters. The van der Waals surface area contributed by atoms with Gasteiger partial charge in [0.25, 0.3) is 0 Å². The highest BCUT2D eigenvalue weighted by molar-refractivity contribution is 5.79. The molecule has 80 valence electrons. The van der Waals surface area contributed by atoms with Gasteiger partial charge in [-0.25, -0.2) is 4.79 Å². The molecule has 3 nitrogen and oxygen atoms in total. The van der Waals surface area contributed by atoms with E-state index in [9.17, 15) is 4.79 Å². The predicted octanol–water partition coefficient (Wildman–Crippen LogP) is 2.03. The van der Waals surface area contributed by atoms with Crippen LogP contribution < -0.4 is 0 Å². The second kappa shape index (κ2) is 5.20. The largest absolute Gasteiger partial charge is 0.478 e. The first-order valence-electron chi connectivity index (χ1n) is 4.75. The molecule has 3 heteroatoms. The zero-order valence-electron chi connectivity index (χ0n) is 8.97. The molecule has 0 aliphatic carbocycles. The molecular weight excluding hydrogens is 190 g/mol. The van der Waals surface area contributed by atoms with Gasteiger partial charge in [0.15, 0.2) is 0 Å². The van der Waals surface area contributed by atoms with Gasteiger partial charge in [-0.3, -0.25) is 0 Å². The van der Waals surface area contributed by atoms with E-state index in [-0.39, 0.29) is 0 Å². The maximum atomic E-state index is 10.3. The van der Waals surface area contributed by atoms with Gasteiger partial charge in [-0.05, 0) is 12.5 Å². The van der Waals surface area contributed by atoms with Crippen molar-refractivity contribution in [1.29, 1.82) is 0 Å². The molecule has 0 saturated carbocycles. The SMILES string of the molecule is Cc1ccc(CN(C)C=CC(=O)O)cc1. The fourth-order valence-corrected chi connectivity index (χ4v) is 1.23. The zero-order valence-corrected chi connectivity index (χ0v) is 8.97. The lowest BCUT2D eigenvalue weighted by Gasteiger charge is -2.13. The molecule has 0 fully saturated rings. The van der Waals surface area contributed by atoms with E-state index in [1.807, 2.05) is 43.1 Å². The molecule has 0 saturated heterocycles. The topological polar surface area (TPSA) is 40.5 Å². The molecule has 0 aliphatic rings. The lowest BCUT2D eigenvalue weighted by Crippen LogP contribution is -2.10. The summed E-state index contributed by atoms with van der Waals surface area (Å²) in [4.78, 5) is 12.1. The Hall–Kier alpha value is -1.77. The highest BCUT2D eigenvalue weighted by Gasteiger charge is 1.96. The van der Waals surface area contributed by atoms with Crippen molar-refractivity contribution in [3.05, 3.63) is 47.7 Å². The van der Waals surface area contributed by atoms with Crippen LogP contribution in [0.3, 0.4) is 0 Å². The van der Waals surface area contributed by atoms with E-state index in [0.29, 0.717) is 6.54 Å². The van der Waals surface area contributed by atoms with Crippen LogP contribution in [-0.2, 0) is 11.3 Å². The molecule has 0 atom stereocenters. The number of hydrogen-bond acceptors (Lipinski definition) is 2. The van der Waals surface area contributed by atoms with Crippen LogP contribution in [0.5, 0.6) is 0 Å². The second-order valence-electron chi connectivity index (χ2n) is 3.55. The van der Waals surface area contributed by atoms with Crippen molar-refractivity contribution in [2.45, 2.75) is 13.5 Å². The predicted molar refractivity (Wildman–Crippen MR) is 59.4 cm³/mol. The van der Waals surface area contributed by atoms with Crippen molar-refractivity contribution in [2.75, 3.05) is 7.05 Å². The third-order valence-electron chi connectivity index (χ3n) is 2.02. The number of aryl methyl sites for hydroxylation is 1. The molecule has 1 N–H and O–H groups in total. The smallest absolute Gasteiger partial charge is 0.329 e. The van der Waals surface area contributed by atoms with Gasteiger partial charge in [0.1, 0.15) is 0 Å². The Balaban J connectivity index is 2.54. The Kier molecular flexibility index (Phi) is 3.92. The average molecular weight is 205 g/mol. The fourth-order valence-electron chi connectivity index (χ4n) is 1.23. The summed E-state index contributed by atoms with van der Waals surface area (Å²) in [5.41, 5.74) is 2.39. The molecule has 0 amide bonds. The van der Waals surface area contributed by atoms with Gasteiger partial charge in [0.05, 0.1) is 0 Å². The molecule has 0 bridgehead atoms. The number of carboxylic acid groups (broad SMARTS) is 1. The number of carboxylic acids is 1. The van der Waals surface area contributed by atoms with Gasteiger partial charge >= 0.3 is 5.97 Å². The first-order chi connectivity index (χ1) is 7.08. The summed E-state index contributed by atoms with van der Waals surface area (Å²) in [6, 6.07) is 8.18. The Labute approximate surface area is 89.6 Å². The van der Waals surface area contributed by atoms with E-state index < -0.39 is 5.97 Å². The summed E-state index contributed by atoms with van der Waals surface area (Å²) < 4.78 is 0. The van der Waals surface area contributed by atoms with Crippen molar-refractivity contribution in [3.8, 4) is 0 Å². The molecular formula is C12H15NO2. The van der Waals surface area contributed by atoms with Crippen LogP contribution in [0.15, 0.2) is 36.5 Å². The summed E-state index contributed by atoms with van der Waals surface area (Å²) in [5.74, 6) is -0.925. The van der Waals surface area contributed by atoms with E-state index in [0.717, 1.165) is 11.6 Å². The maximum Gasteiger partial charge on any atom is 0.329 e. The standard InChI is InChI=1S/C12H15NO2/c1-10-3-5-11(6-4-10)9-13(2)8-7-12(14)15/h3-8H,9H2,1-2H3,(H,14,15). The molecule has 1 aromatic carbocycles. The monoisotopic (exact) mass is 205 g/mol. The lowest BCUT2D eigenvalue weighted by molar-refractivity contribution is -0.131. The number of aliphatic carboxylic acids is 1. The van der Waals surface area contributed by atoms with Crippen LogP contribution in [0.25, 0.3) is 0 Å². The van der Waals surface area contributed by atoms with Crippen LogP contribution in [0, 0.1) is 6.92 Å². The maximum absolute atomic E-state index is 10.3. The minimum Gasteiger partial charge on any atom is -0.478 e. The van der Waals surface area contributed by atoms with E-state index in [2.05, 4.69) is 0 Å². The number of rotatable bonds is 4. The molecule has 1 rings (SSSR count). The average Bonchev–Trinajstić information content (AvgIpc) is 2.19. The zero-order chi connectivity index (χ0) is 11.3. The number of carbonyl (C=O) groups is 1. The van der Waals surface area contributed by atoms with Crippen LogP contribution in [0.2, 0.25) is 0 Å². The van der Waals surface area contributed by atoms with Crippen molar-refractivity contribution < 1.29 is 9.90 Å². The number of hydrogen-bond donors (Lipinski definition) is 1. The molecule has 0 spiro atoms. The van der Waals surface area contributed by atoms with Gasteiger partial charge in [-0.15, -0.1) is 0 Å². The number of nitrogens with zero attached hydrogens (tertiary/aromatic N) is 1. The van der Waals surface area contributed by atoms with Gasteiger partial charge in [-0.2, -0.15) is 0 Å². The molecule has 0 heterocycles. The summed E-state index contributed by atoms with van der Waals surface area (Å²) in [7, 11) is 1.85. The Morgan fingerprint density at radius 3 is 2.53 bits per heavy atom. The summed E-state index contributed by atoms with van der Waals surface area (Å²) >= 11 is 0. The van der Waals surface area contributed by atoms with Crippen LogP contribution in [0.4, 0.5) is 0 Å². The summed E-state index contributed by atoms with van der Waals surface area (Å²) in [6.45, 7) is 2.75. The van der Waals surface area contributed by atoms with Gasteiger partial charge in [0.2, 0.25) is 0 Å². The first kappa shape index (κ1) is 11.3. The molecule has 0 aliphatic heterocycles. The van der Waals surface area contributed by atoms with E-state index in [1.54, 1.807) is 6.20 Å². The summed E-state index contributed by atoms with van der Waals surface area (Å²) in [6.07, 6.45) is 2.69. The van der Waals surface area contributed by atoms with Gasteiger partial charge < -0.3 is 10.0 Å². The normalized spacial score (nSPS) is 10.5. The lowest BCUT2D eigenvalue weighted by atomic mass is 10.1. The second-order valence-corrected chi connectivity index (χ2v) is 3.55. The van der Waals surface area contributed by atoms with Gasteiger partial charge in [-0.1, -0.05) is 29.8 Å². The summed E-state index contributed by atoms with van der Waals surface area (Å²) in [5, 5.41) is 8.45. The fraction of sp³-hybridized carbons (Fsp3) is 0.250. The third kappa shape index (κ3) is 4.31. The van der Waals surface area contributed by atoms with Crippen LogP contribution in [-0.4, -0.2) is 23.0 Å². The van der Waals surface area contributed by atoms with Gasteiger partial charge in [0, 0.05) is 25.9 Å². The van der Waals surface area contributed by atoms with E-state index in [4.69, 9.17) is 5.11 Å². The Morgan fingerprint density at radius 1 is 1.40 bits per heavy atom. The quantitative estimate of drug-likeness (QED) is 0.764. The minimum absolute atomic E-state index is 0.712. The van der Waals surface area contributed by atoms with E-state index >= 15 is 0 Å². The highest BCUT2D eigenvalue weighted by Crippen LogP contribution is 2.05. The molecule has 15 heavy (non-hydrogen) atoms. The molecule has 0 aromatic heterocycles. The van der Waals surface area contributed by atoms with Crippen LogP contribution in [0.1, 0.15) is 11.1 Å². The van der Waals surface area contributed by atoms with Crippen molar-refractivity contribution in [2.24, 2.45) is 0 Å². The van der Waals surface area contributed by atoms with Crippen LogP contribution >= 0.6 is 0 Å². The van der Waals surface area contributed by atoms with Crippen molar-refractivity contribution >= 4 is 5.97 Å². The Bertz CT molecular complexity index is 354.